The normalized spacial score (nSPS) is 11.6. The van der Waals surface area contributed by atoms with Crippen molar-refractivity contribution in [3.05, 3.63) is 46.7 Å². The fraction of sp³-hybridized carbons (Fsp3) is 0.0909. The number of aromatic carboxylic acids is 1. The maximum absolute atomic E-state index is 12.4. The first-order chi connectivity index (χ1) is 8.79. The predicted molar refractivity (Wildman–Crippen MR) is 60.5 cm³/mol. The summed E-state index contributed by atoms with van der Waals surface area (Å²) in [6, 6.07) is 4.58. The molecule has 0 saturated heterocycles. The lowest BCUT2D eigenvalue weighted by molar-refractivity contribution is -0.141. The molecular formula is C11H6ClF3N2O2. The van der Waals surface area contributed by atoms with Gasteiger partial charge in [0.1, 0.15) is 0 Å². The van der Waals surface area contributed by atoms with Crippen LogP contribution in [0.25, 0.3) is 5.69 Å². The van der Waals surface area contributed by atoms with E-state index in [0.29, 0.717) is 0 Å². The van der Waals surface area contributed by atoms with Gasteiger partial charge in [-0.25, -0.2) is 9.48 Å². The molecule has 1 aromatic heterocycles. The van der Waals surface area contributed by atoms with E-state index >= 15 is 0 Å². The van der Waals surface area contributed by atoms with Gasteiger partial charge >= 0.3 is 12.1 Å². The number of carbonyl (C=O) groups is 1. The number of rotatable bonds is 2. The molecule has 2 rings (SSSR count). The summed E-state index contributed by atoms with van der Waals surface area (Å²) >= 11 is 5.73. The minimum absolute atomic E-state index is 0.0749. The molecule has 0 aliphatic carbocycles. The van der Waals surface area contributed by atoms with Crippen LogP contribution in [0.3, 0.4) is 0 Å². The zero-order valence-electron chi connectivity index (χ0n) is 9.15. The highest BCUT2D eigenvalue weighted by Crippen LogP contribution is 2.28. The molecule has 0 spiro atoms. The third kappa shape index (κ3) is 2.70. The number of halogens is 4. The number of nitrogens with zero attached hydrogens (tertiary/aromatic N) is 2. The number of benzene rings is 1. The largest absolute Gasteiger partial charge is 0.478 e. The molecule has 8 heteroatoms. The molecule has 1 aromatic carbocycles. The van der Waals surface area contributed by atoms with Crippen LogP contribution in [0.2, 0.25) is 5.02 Å². The lowest BCUT2D eigenvalue weighted by atomic mass is 10.2. The van der Waals surface area contributed by atoms with E-state index in [1.165, 1.54) is 18.2 Å². The van der Waals surface area contributed by atoms with Gasteiger partial charge in [-0.2, -0.15) is 18.3 Å². The second-order valence-corrected chi connectivity index (χ2v) is 4.02. The van der Waals surface area contributed by atoms with E-state index in [0.717, 1.165) is 16.9 Å². The van der Waals surface area contributed by atoms with E-state index < -0.39 is 17.8 Å². The van der Waals surface area contributed by atoms with Crippen LogP contribution in [0, 0.1) is 0 Å². The first-order valence-electron chi connectivity index (χ1n) is 4.95. The Morgan fingerprint density at radius 1 is 1.32 bits per heavy atom. The molecule has 0 aliphatic heterocycles. The number of hydrogen-bond acceptors (Lipinski definition) is 2. The second-order valence-electron chi connectivity index (χ2n) is 3.61. The molecule has 100 valence electrons. The van der Waals surface area contributed by atoms with Gasteiger partial charge in [-0.05, 0) is 24.3 Å². The van der Waals surface area contributed by atoms with Crippen molar-refractivity contribution in [1.29, 1.82) is 0 Å². The average molecular weight is 291 g/mol. The number of hydrogen-bond donors (Lipinski definition) is 1. The fourth-order valence-electron chi connectivity index (χ4n) is 1.44. The SMILES string of the molecule is O=C(O)c1ccc(-n2ccc(C(F)(F)F)n2)cc1Cl. The first kappa shape index (κ1) is 13.4. The van der Waals surface area contributed by atoms with Crippen LogP contribution >= 0.6 is 11.6 Å². The van der Waals surface area contributed by atoms with E-state index in [1.54, 1.807) is 0 Å². The van der Waals surface area contributed by atoms with Gasteiger partial charge in [0.25, 0.3) is 0 Å². The van der Waals surface area contributed by atoms with Gasteiger partial charge in [-0.1, -0.05) is 11.6 Å². The smallest absolute Gasteiger partial charge is 0.435 e. The van der Waals surface area contributed by atoms with Crippen molar-refractivity contribution in [3.8, 4) is 5.69 Å². The molecule has 1 heterocycles. The van der Waals surface area contributed by atoms with Crippen LogP contribution in [0.5, 0.6) is 0 Å². The van der Waals surface area contributed by atoms with E-state index in [-0.39, 0.29) is 16.3 Å². The Kier molecular flexibility index (Phi) is 3.23. The maximum atomic E-state index is 12.4. The molecule has 0 unspecified atom stereocenters. The molecule has 4 nitrogen and oxygen atoms in total. The van der Waals surface area contributed by atoms with Crippen molar-refractivity contribution >= 4 is 17.6 Å². The highest BCUT2D eigenvalue weighted by molar-refractivity contribution is 6.33. The Hall–Kier alpha value is -2.02. The summed E-state index contributed by atoms with van der Waals surface area (Å²) in [5, 5.41) is 12.1. The lowest BCUT2D eigenvalue weighted by Gasteiger charge is -2.05. The van der Waals surface area contributed by atoms with Crippen molar-refractivity contribution in [2.24, 2.45) is 0 Å². The third-order valence-corrected chi connectivity index (χ3v) is 2.64. The number of alkyl halides is 3. The molecular weight excluding hydrogens is 285 g/mol. The van der Waals surface area contributed by atoms with Crippen LogP contribution in [0.1, 0.15) is 16.1 Å². The number of carboxylic acids is 1. The van der Waals surface area contributed by atoms with Crippen molar-refractivity contribution < 1.29 is 23.1 Å². The summed E-state index contributed by atoms with van der Waals surface area (Å²) < 4.78 is 38.1. The topological polar surface area (TPSA) is 55.1 Å². The minimum atomic E-state index is -4.53. The van der Waals surface area contributed by atoms with Crippen LogP contribution in [0.15, 0.2) is 30.5 Å². The summed E-state index contributed by atoms with van der Waals surface area (Å²) in [7, 11) is 0. The van der Waals surface area contributed by atoms with Crippen LogP contribution in [-0.4, -0.2) is 20.9 Å². The lowest BCUT2D eigenvalue weighted by Crippen LogP contribution is -2.07. The van der Waals surface area contributed by atoms with Gasteiger partial charge in [-0.3, -0.25) is 0 Å². The quantitative estimate of drug-likeness (QED) is 0.924. The Bertz CT molecular complexity index is 637. The second kappa shape index (κ2) is 4.58. The molecule has 0 bridgehead atoms. The Morgan fingerprint density at radius 3 is 2.47 bits per heavy atom. The molecule has 0 fully saturated rings. The maximum Gasteiger partial charge on any atom is 0.435 e. The van der Waals surface area contributed by atoms with Crippen LogP contribution < -0.4 is 0 Å². The van der Waals surface area contributed by atoms with Crippen molar-refractivity contribution in [2.75, 3.05) is 0 Å². The average Bonchev–Trinajstić information content (AvgIpc) is 2.76. The summed E-state index contributed by atoms with van der Waals surface area (Å²) in [6.45, 7) is 0. The van der Waals surface area contributed by atoms with Gasteiger partial charge in [0.15, 0.2) is 5.69 Å². The fourth-order valence-corrected chi connectivity index (χ4v) is 1.69. The predicted octanol–water partition coefficient (Wildman–Crippen LogP) is 3.24. The molecule has 0 radical (unpaired) electrons. The highest BCUT2D eigenvalue weighted by atomic mass is 35.5. The molecule has 1 N–H and O–H groups in total. The summed E-state index contributed by atoms with van der Waals surface area (Å²) in [5.41, 5.74) is -0.926. The highest BCUT2D eigenvalue weighted by Gasteiger charge is 2.33. The standard InChI is InChI=1S/C11H6ClF3N2O2/c12-8-5-6(1-2-7(8)10(18)19)17-4-3-9(16-17)11(13,14)15/h1-5H,(H,18,19). The van der Waals surface area contributed by atoms with E-state index in [1.807, 2.05) is 0 Å². The summed E-state index contributed by atoms with van der Waals surface area (Å²) in [4.78, 5) is 10.7. The molecule has 2 aromatic rings. The Labute approximate surface area is 110 Å². The monoisotopic (exact) mass is 290 g/mol. The van der Waals surface area contributed by atoms with Crippen LogP contribution in [0.4, 0.5) is 13.2 Å². The van der Waals surface area contributed by atoms with E-state index in [9.17, 15) is 18.0 Å². The summed E-state index contributed by atoms with van der Waals surface area (Å²) in [5.74, 6) is -1.21. The van der Waals surface area contributed by atoms with Gasteiger partial charge in [-0.15, -0.1) is 0 Å². The number of aromatic nitrogens is 2. The summed E-state index contributed by atoms with van der Waals surface area (Å²) in [6.07, 6.45) is -3.41. The third-order valence-electron chi connectivity index (χ3n) is 2.33. The molecule has 19 heavy (non-hydrogen) atoms. The molecule has 0 amide bonds. The molecule has 0 saturated carbocycles. The van der Waals surface area contributed by atoms with Gasteiger partial charge in [0.05, 0.1) is 16.3 Å². The van der Waals surface area contributed by atoms with E-state index in [4.69, 9.17) is 16.7 Å². The zero-order valence-corrected chi connectivity index (χ0v) is 9.90. The van der Waals surface area contributed by atoms with Gasteiger partial charge in [0.2, 0.25) is 0 Å². The minimum Gasteiger partial charge on any atom is -0.478 e. The zero-order chi connectivity index (χ0) is 14.2. The van der Waals surface area contributed by atoms with Gasteiger partial charge in [0, 0.05) is 6.20 Å². The Morgan fingerprint density at radius 2 is 2.00 bits per heavy atom. The molecule has 0 atom stereocenters. The number of carboxylic acid groups (broad SMARTS) is 1. The van der Waals surface area contributed by atoms with E-state index in [2.05, 4.69) is 5.10 Å². The Balaban J connectivity index is 2.40. The first-order valence-corrected chi connectivity index (χ1v) is 5.33. The van der Waals surface area contributed by atoms with Gasteiger partial charge < -0.3 is 5.11 Å². The molecule has 0 aliphatic rings. The van der Waals surface area contributed by atoms with Crippen LogP contribution in [-0.2, 0) is 6.18 Å². The van der Waals surface area contributed by atoms with Crippen molar-refractivity contribution in [3.63, 3.8) is 0 Å². The van der Waals surface area contributed by atoms with Crippen molar-refractivity contribution in [2.45, 2.75) is 6.18 Å². The van der Waals surface area contributed by atoms with Crippen molar-refractivity contribution in [1.82, 2.24) is 9.78 Å².